The van der Waals surface area contributed by atoms with Crippen LogP contribution in [0.4, 0.5) is 0 Å². The van der Waals surface area contributed by atoms with Crippen molar-refractivity contribution in [1.29, 1.82) is 0 Å². The van der Waals surface area contributed by atoms with Crippen LogP contribution in [0.15, 0.2) is 0 Å². The van der Waals surface area contributed by atoms with Gasteiger partial charge in [0.1, 0.15) is 0 Å². The molecule has 0 spiro atoms. The van der Waals surface area contributed by atoms with Crippen LogP contribution in [0.5, 0.6) is 0 Å². The smallest absolute Gasteiger partial charge is 0.324 e. The second-order valence-electron chi connectivity index (χ2n) is 1.96. The second kappa shape index (κ2) is 5.13. The molecule has 1 N–H and O–H groups in total. The summed E-state index contributed by atoms with van der Waals surface area (Å²) in [7, 11) is -3.22. The van der Waals surface area contributed by atoms with E-state index in [1.807, 2.05) is 0 Å². The van der Waals surface area contributed by atoms with E-state index >= 15 is 0 Å². The molecule has 0 fully saturated rings. The molecule has 0 aromatic rings. The maximum Gasteiger partial charge on any atom is 0.325 e. The van der Waals surface area contributed by atoms with Crippen LogP contribution < -0.4 is 0 Å². The van der Waals surface area contributed by atoms with Gasteiger partial charge in [0, 0.05) is 45.3 Å². The molecule has 1 unspecified atom stereocenters. The van der Waals surface area contributed by atoms with E-state index in [0.717, 1.165) is 0 Å². The third kappa shape index (κ3) is 12.6. The van der Waals surface area contributed by atoms with Gasteiger partial charge in [-0.15, -0.1) is 0 Å². The molecule has 0 rings (SSSR count). The summed E-state index contributed by atoms with van der Waals surface area (Å²) in [4.78, 5) is 8.52. The predicted molar refractivity (Wildman–Crippen MR) is 32.0 cm³/mol. The minimum Gasteiger partial charge on any atom is -0.324 e. The van der Waals surface area contributed by atoms with Gasteiger partial charge >= 0.3 is 7.60 Å². The quantitative estimate of drug-likeness (QED) is 0.780. The van der Waals surface area contributed by atoms with Crippen molar-refractivity contribution in [2.45, 2.75) is 20.0 Å². The van der Waals surface area contributed by atoms with Crippen LogP contribution in [0, 0.1) is 38.6 Å². The van der Waals surface area contributed by atoms with Crippen LogP contribution in [0.1, 0.15) is 13.8 Å². The van der Waals surface area contributed by atoms with E-state index in [2.05, 4.69) is 4.52 Å². The van der Waals surface area contributed by atoms with E-state index in [4.69, 9.17) is 4.89 Å². The van der Waals surface area contributed by atoms with Crippen molar-refractivity contribution >= 4 is 7.60 Å². The molecule has 0 aromatic carbocycles. The summed E-state index contributed by atoms with van der Waals surface area (Å²) in [5.41, 5.74) is 0. The van der Waals surface area contributed by atoms with Gasteiger partial charge < -0.3 is 9.42 Å². The molecule has 0 aliphatic heterocycles. The third-order valence-electron chi connectivity index (χ3n) is 0.406. The first-order valence-electron chi connectivity index (χ1n) is 2.40. The molecule has 3 nitrogen and oxygen atoms in total. The van der Waals surface area contributed by atoms with Gasteiger partial charge in [-0.1, -0.05) is 0 Å². The molecule has 0 amide bonds. The summed E-state index contributed by atoms with van der Waals surface area (Å²) in [6.07, 6.45) is -0.171. The minimum absolute atomic E-state index is 0. The summed E-state index contributed by atoms with van der Waals surface area (Å²) >= 11 is 0. The summed E-state index contributed by atoms with van der Waals surface area (Å²) in [6.45, 7) is 4.60. The number of hydrogen-bond donors (Lipinski definition) is 1. The van der Waals surface area contributed by atoms with Crippen LogP contribution in [0.25, 0.3) is 0 Å². The van der Waals surface area contributed by atoms with Gasteiger partial charge in [0.2, 0.25) is 0 Å². The van der Waals surface area contributed by atoms with E-state index < -0.39 is 7.60 Å². The summed E-state index contributed by atoms with van der Waals surface area (Å²) in [6, 6.07) is 0. The van der Waals surface area contributed by atoms with Crippen LogP contribution in [-0.2, 0) is 9.09 Å². The fourth-order valence-corrected chi connectivity index (χ4v) is 1.17. The van der Waals surface area contributed by atoms with E-state index in [1.165, 1.54) is 6.66 Å². The van der Waals surface area contributed by atoms with Gasteiger partial charge in [0.05, 0.1) is 6.10 Å². The zero-order valence-corrected chi connectivity index (χ0v) is 8.65. The van der Waals surface area contributed by atoms with E-state index in [9.17, 15) is 4.57 Å². The van der Waals surface area contributed by atoms with Gasteiger partial charge in [0.15, 0.2) is 0 Å². The number of hydrogen-bond acceptors (Lipinski definition) is 2. The zero-order valence-electron chi connectivity index (χ0n) is 5.62. The standard InChI is InChI=1S/C4H11O3P.Tb/c1-4(2)7-8(3,5)6;/h4H,1-3H3,(H,5,6);. The molecule has 0 saturated carbocycles. The Bertz CT molecular complexity index is 108. The van der Waals surface area contributed by atoms with Crippen molar-refractivity contribution in [2.75, 3.05) is 6.66 Å². The molecule has 1 atom stereocenters. The van der Waals surface area contributed by atoms with Gasteiger partial charge in [-0.05, 0) is 13.8 Å². The van der Waals surface area contributed by atoms with Crippen molar-refractivity contribution < 1.29 is 52.6 Å². The number of rotatable bonds is 2. The fourth-order valence-electron chi connectivity index (χ4n) is 0.391. The molecule has 0 aliphatic carbocycles. The summed E-state index contributed by atoms with van der Waals surface area (Å²) < 4.78 is 14.9. The Morgan fingerprint density at radius 3 is 1.89 bits per heavy atom. The summed E-state index contributed by atoms with van der Waals surface area (Å²) in [5, 5.41) is 0. The second-order valence-corrected chi connectivity index (χ2v) is 3.77. The molecular formula is C4H11O3PTb. The van der Waals surface area contributed by atoms with Crippen molar-refractivity contribution in [2.24, 2.45) is 0 Å². The Morgan fingerprint density at radius 2 is 1.89 bits per heavy atom. The molecule has 59 valence electrons. The maximum atomic E-state index is 10.4. The Balaban J connectivity index is 0. The van der Waals surface area contributed by atoms with Crippen LogP contribution in [0.2, 0.25) is 0 Å². The Kier molecular flexibility index (Phi) is 7.45. The first kappa shape index (κ1) is 13.1. The molecule has 0 heterocycles. The first-order valence-corrected chi connectivity index (χ1v) is 4.43. The molecule has 0 aromatic heterocycles. The predicted octanol–water partition coefficient (Wildman–Crippen LogP) is 1.23. The Hall–Kier alpha value is 1.44. The third-order valence-corrected chi connectivity index (χ3v) is 1.22. The van der Waals surface area contributed by atoms with E-state index in [-0.39, 0.29) is 44.7 Å². The molecule has 9 heavy (non-hydrogen) atoms. The van der Waals surface area contributed by atoms with Crippen molar-refractivity contribution in [3.8, 4) is 0 Å². The van der Waals surface area contributed by atoms with Gasteiger partial charge in [0.25, 0.3) is 0 Å². The van der Waals surface area contributed by atoms with Crippen molar-refractivity contribution in [1.82, 2.24) is 0 Å². The van der Waals surface area contributed by atoms with Crippen LogP contribution >= 0.6 is 7.60 Å². The van der Waals surface area contributed by atoms with Gasteiger partial charge in [-0.3, -0.25) is 4.57 Å². The normalized spacial score (nSPS) is 16.6. The van der Waals surface area contributed by atoms with Crippen LogP contribution in [0.3, 0.4) is 0 Å². The Morgan fingerprint density at radius 1 is 1.56 bits per heavy atom. The summed E-state index contributed by atoms with van der Waals surface area (Å²) in [5.74, 6) is 0. The molecule has 1 radical (unpaired) electrons. The largest absolute Gasteiger partial charge is 0.325 e. The van der Waals surface area contributed by atoms with Crippen LogP contribution in [-0.4, -0.2) is 17.7 Å². The SMILES string of the molecule is CC(C)OP(C)(=O)O.[Tb]. The topological polar surface area (TPSA) is 46.5 Å². The first-order chi connectivity index (χ1) is 3.42. The molecule has 0 bridgehead atoms. The monoisotopic (exact) mass is 297 g/mol. The average Bonchev–Trinajstić information content (AvgIpc) is 1.21. The zero-order chi connectivity index (χ0) is 6.78. The van der Waals surface area contributed by atoms with Crippen molar-refractivity contribution in [3.05, 3.63) is 0 Å². The fraction of sp³-hybridized carbons (Fsp3) is 1.00. The minimum atomic E-state index is -3.22. The van der Waals surface area contributed by atoms with Gasteiger partial charge in [-0.25, -0.2) is 0 Å². The van der Waals surface area contributed by atoms with Crippen molar-refractivity contribution in [3.63, 3.8) is 0 Å². The van der Waals surface area contributed by atoms with E-state index in [0.29, 0.717) is 0 Å². The molecule has 0 aliphatic rings. The average molecular weight is 297 g/mol. The Labute approximate surface area is 86.1 Å². The maximum absolute atomic E-state index is 10.4. The molecule has 5 heteroatoms. The molecular weight excluding hydrogens is 286 g/mol. The molecule has 0 saturated heterocycles. The van der Waals surface area contributed by atoms with Gasteiger partial charge in [-0.2, -0.15) is 0 Å². The van der Waals surface area contributed by atoms with E-state index in [1.54, 1.807) is 13.8 Å².